The van der Waals surface area contributed by atoms with Gasteiger partial charge in [-0.15, -0.1) is 0 Å². The van der Waals surface area contributed by atoms with Crippen molar-refractivity contribution in [2.24, 2.45) is 0 Å². The molecular formula is C19H19F2NO5. The van der Waals surface area contributed by atoms with Crippen molar-refractivity contribution in [3.8, 4) is 11.5 Å². The summed E-state index contributed by atoms with van der Waals surface area (Å²) in [6.45, 7) is -1.33. The van der Waals surface area contributed by atoms with Gasteiger partial charge < -0.3 is 19.5 Å². The van der Waals surface area contributed by atoms with Crippen LogP contribution in [0.15, 0.2) is 48.5 Å². The minimum Gasteiger partial charge on any atom is -0.497 e. The van der Waals surface area contributed by atoms with Crippen molar-refractivity contribution >= 4 is 11.9 Å². The zero-order valence-electron chi connectivity index (χ0n) is 14.8. The maximum Gasteiger partial charge on any atom is 0.387 e. The Morgan fingerprint density at radius 1 is 1.07 bits per heavy atom. The number of amides is 1. The number of carbonyl (C=O) groups excluding carboxylic acids is 2. The third-order valence-corrected chi connectivity index (χ3v) is 3.57. The first-order chi connectivity index (χ1) is 12.9. The lowest BCUT2D eigenvalue weighted by Crippen LogP contribution is -2.35. The summed E-state index contributed by atoms with van der Waals surface area (Å²) in [7, 11) is 1.56. The number of ether oxygens (including phenoxy) is 3. The Hall–Kier alpha value is -3.16. The van der Waals surface area contributed by atoms with Gasteiger partial charge in [-0.25, -0.2) is 4.79 Å². The molecule has 0 saturated heterocycles. The van der Waals surface area contributed by atoms with E-state index >= 15 is 0 Å². The topological polar surface area (TPSA) is 73.9 Å². The Kier molecular flexibility index (Phi) is 7.10. The Bertz CT molecular complexity index is 780. The second-order valence-electron chi connectivity index (χ2n) is 5.52. The van der Waals surface area contributed by atoms with Crippen LogP contribution in [0.3, 0.4) is 0 Å². The first-order valence-electron chi connectivity index (χ1n) is 8.05. The van der Waals surface area contributed by atoms with Gasteiger partial charge >= 0.3 is 12.6 Å². The van der Waals surface area contributed by atoms with Crippen LogP contribution in [-0.4, -0.2) is 31.7 Å². The third-order valence-electron chi connectivity index (χ3n) is 3.57. The van der Waals surface area contributed by atoms with Gasteiger partial charge in [-0.3, -0.25) is 4.79 Å². The van der Waals surface area contributed by atoms with E-state index in [9.17, 15) is 18.4 Å². The molecule has 2 aromatic rings. The highest BCUT2D eigenvalue weighted by molar-refractivity contribution is 5.92. The fourth-order valence-corrected chi connectivity index (χ4v) is 2.16. The first kappa shape index (κ1) is 20.2. The Balaban J connectivity index is 1.88. The van der Waals surface area contributed by atoms with Crippen molar-refractivity contribution in [2.45, 2.75) is 26.2 Å². The van der Waals surface area contributed by atoms with Gasteiger partial charge in [0.15, 0.2) is 6.10 Å². The zero-order valence-corrected chi connectivity index (χ0v) is 14.8. The van der Waals surface area contributed by atoms with Crippen molar-refractivity contribution < 1.29 is 32.6 Å². The molecule has 0 spiro atoms. The van der Waals surface area contributed by atoms with Crippen LogP contribution in [0.25, 0.3) is 0 Å². The molecule has 1 N–H and O–H groups in total. The quantitative estimate of drug-likeness (QED) is 0.714. The summed E-state index contributed by atoms with van der Waals surface area (Å²) in [6, 6.07) is 12.3. The molecule has 8 heteroatoms. The lowest BCUT2D eigenvalue weighted by atomic mass is 10.2. The molecule has 0 heterocycles. The van der Waals surface area contributed by atoms with Crippen molar-refractivity contribution in [1.82, 2.24) is 5.32 Å². The molecule has 0 fully saturated rings. The molecule has 1 atom stereocenters. The molecule has 2 aromatic carbocycles. The number of hydrogen-bond donors (Lipinski definition) is 1. The van der Waals surface area contributed by atoms with Crippen LogP contribution >= 0.6 is 0 Å². The van der Waals surface area contributed by atoms with Gasteiger partial charge in [0, 0.05) is 6.54 Å². The molecule has 1 amide bonds. The number of benzene rings is 2. The molecule has 0 saturated carbocycles. The molecule has 144 valence electrons. The average molecular weight is 379 g/mol. The van der Waals surface area contributed by atoms with Crippen molar-refractivity contribution in [3.63, 3.8) is 0 Å². The number of halogens is 2. The third kappa shape index (κ3) is 6.25. The molecule has 0 bridgehead atoms. The van der Waals surface area contributed by atoms with Crippen molar-refractivity contribution in [1.29, 1.82) is 0 Å². The fourth-order valence-electron chi connectivity index (χ4n) is 2.16. The number of alkyl halides is 2. The molecule has 0 unspecified atom stereocenters. The van der Waals surface area contributed by atoms with Crippen LogP contribution < -0.4 is 14.8 Å². The zero-order chi connectivity index (χ0) is 19.8. The van der Waals surface area contributed by atoms with Crippen LogP contribution in [0.1, 0.15) is 22.8 Å². The summed E-state index contributed by atoms with van der Waals surface area (Å²) < 4.78 is 38.8. The minimum absolute atomic E-state index is 0.00274. The van der Waals surface area contributed by atoms with Crippen LogP contribution in [-0.2, 0) is 16.1 Å². The van der Waals surface area contributed by atoms with Crippen LogP contribution in [0.2, 0.25) is 0 Å². The highest BCUT2D eigenvalue weighted by Crippen LogP contribution is 2.17. The van der Waals surface area contributed by atoms with E-state index in [0.29, 0.717) is 5.75 Å². The largest absolute Gasteiger partial charge is 0.497 e. The number of rotatable bonds is 8. The second kappa shape index (κ2) is 9.51. The summed E-state index contributed by atoms with van der Waals surface area (Å²) in [6.07, 6.45) is -1.06. The normalized spacial score (nSPS) is 11.6. The number of hydrogen-bond acceptors (Lipinski definition) is 5. The number of nitrogens with one attached hydrogen (secondary N) is 1. The number of methoxy groups -OCH3 is 1. The highest BCUT2D eigenvalue weighted by atomic mass is 19.3. The van der Waals surface area contributed by atoms with Gasteiger partial charge in [-0.2, -0.15) is 8.78 Å². The van der Waals surface area contributed by atoms with Gasteiger partial charge in [0.05, 0.1) is 12.7 Å². The van der Waals surface area contributed by atoms with E-state index in [4.69, 9.17) is 9.47 Å². The van der Waals surface area contributed by atoms with Crippen molar-refractivity contribution in [2.75, 3.05) is 7.11 Å². The van der Waals surface area contributed by atoms with E-state index in [0.717, 1.165) is 11.6 Å². The Morgan fingerprint density at radius 3 is 2.41 bits per heavy atom. The van der Waals surface area contributed by atoms with Crippen LogP contribution in [0.5, 0.6) is 11.5 Å². The molecule has 0 radical (unpaired) electrons. The smallest absolute Gasteiger partial charge is 0.387 e. The molecule has 0 aliphatic carbocycles. The van der Waals surface area contributed by atoms with E-state index in [2.05, 4.69) is 10.1 Å². The van der Waals surface area contributed by atoms with Crippen LogP contribution in [0, 0.1) is 0 Å². The van der Waals surface area contributed by atoms with E-state index in [1.54, 1.807) is 31.4 Å². The summed E-state index contributed by atoms with van der Waals surface area (Å²) in [5.41, 5.74) is 0.850. The molecule has 0 aromatic heterocycles. The van der Waals surface area contributed by atoms with Gasteiger partial charge in [-0.05, 0) is 42.8 Å². The van der Waals surface area contributed by atoms with Gasteiger partial charge in [-0.1, -0.05) is 18.2 Å². The highest BCUT2D eigenvalue weighted by Gasteiger charge is 2.19. The van der Waals surface area contributed by atoms with Crippen LogP contribution in [0.4, 0.5) is 8.78 Å². The summed E-state index contributed by atoms with van der Waals surface area (Å²) in [5, 5.41) is 2.65. The van der Waals surface area contributed by atoms with E-state index < -0.39 is 24.6 Å². The Morgan fingerprint density at radius 2 is 1.78 bits per heavy atom. The maximum absolute atomic E-state index is 12.2. The molecule has 2 rings (SSSR count). The first-order valence-corrected chi connectivity index (χ1v) is 8.05. The number of carbonyl (C=O) groups is 2. The fraction of sp³-hybridized carbons (Fsp3) is 0.263. The monoisotopic (exact) mass is 379 g/mol. The van der Waals surface area contributed by atoms with E-state index in [-0.39, 0.29) is 17.9 Å². The Labute approximate surface area is 155 Å². The SMILES string of the molecule is COc1ccc(CNC(=O)[C@@H](C)OC(=O)c2cccc(OC(F)F)c2)cc1. The molecular weight excluding hydrogens is 360 g/mol. The van der Waals surface area contributed by atoms with Crippen molar-refractivity contribution in [3.05, 3.63) is 59.7 Å². The van der Waals surface area contributed by atoms with Gasteiger partial charge in [0.25, 0.3) is 5.91 Å². The lowest BCUT2D eigenvalue weighted by molar-refractivity contribution is -0.129. The lowest BCUT2D eigenvalue weighted by Gasteiger charge is -2.14. The maximum atomic E-state index is 12.2. The van der Waals surface area contributed by atoms with E-state index in [1.807, 2.05) is 0 Å². The van der Waals surface area contributed by atoms with E-state index in [1.165, 1.54) is 25.1 Å². The predicted molar refractivity (Wildman–Crippen MR) is 92.8 cm³/mol. The summed E-state index contributed by atoms with van der Waals surface area (Å²) in [4.78, 5) is 24.2. The standard InChI is InChI=1S/C19H19F2NO5/c1-12(17(23)22-11-13-6-8-15(25-2)9-7-13)26-18(24)14-4-3-5-16(10-14)27-19(20)21/h3-10,12,19H,11H2,1-2H3,(H,22,23)/t12-/m1/s1. The predicted octanol–water partition coefficient (Wildman–Crippen LogP) is 3.16. The molecule has 0 aliphatic rings. The molecule has 27 heavy (non-hydrogen) atoms. The van der Waals surface area contributed by atoms with Gasteiger partial charge in [0.1, 0.15) is 11.5 Å². The second-order valence-corrected chi connectivity index (χ2v) is 5.52. The minimum atomic E-state index is -3.00. The number of esters is 1. The summed E-state index contributed by atoms with van der Waals surface area (Å²) in [5.74, 6) is -0.776. The van der Waals surface area contributed by atoms with Gasteiger partial charge in [0.2, 0.25) is 0 Å². The average Bonchev–Trinajstić information content (AvgIpc) is 2.66. The molecule has 6 nitrogen and oxygen atoms in total. The molecule has 0 aliphatic heterocycles. The summed E-state index contributed by atoms with van der Waals surface area (Å²) >= 11 is 0.